The Morgan fingerprint density at radius 3 is 2.71 bits per heavy atom. The number of benzene rings is 2. The van der Waals surface area contributed by atoms with Crippen LogP contribution in [-0.4, -0.2) is 21.3 Å². The van der Waals surface area contributed by atoms with E-state index in [2.05, 4.69) is 10.3 Å². The zero-order valence-electron chi connectivity index (χ0n) is 16.0. The van der Waals surface area contributed by atoms with Crippen LogP contribution in [0.25, 0.3) is 21.3 Å². The normalized spacial score (nSPS) is 11.0. The van der Waals surface area contributed by atoms with Crippen molar-refractivity contribution in [2.45, 2.75) is 11.7 Å². The summed E-state index contributed by atoms with van der Waals surface area (Å²) in [4.78, 5) is 30.2. The molecule has 0 fully saturated rings. The van der Waals surface area contributed by atoms with Crippen molar-refractivity contribution in [3.63, 3.8) is 0 Å². The number of hydrogen-bond donors (Lipinski definition) is 2. The van der Waals surface area contributed by atoms with Gasteiger partial charge >= 0.3 is 0 Å². The van der Waals surface area contributed by atoms with E-state index in [0.717, 1.165) is 33.1 Å². The van der Waals surface area contributed by atoms with E-state index < -0.39 is 0 Å². The summed E-state index contributed by atoms with van der Waals surface area (Å²) in [6.07, 6.45) is 0. The Morgan fingerprint density at radius 1 is 1.19 bits per heavy atom. The largest absolute Gasteiger partial charge is 0.351 e. The van der Waals surface area contributed by atoms with Crippen LogP contribution in [0.3, 0.4) is 0 Å². The van der Waals surface area contributed by atoms with Crippen LogP contribution >= 0.6 is 46.3 Å². The fourth-order valence-corrected chi connectivity index (χ4v) is 5.17. The highest BCUT2D eigenvalue weighted by Gasteiger charge is 2.17. The van der Waals surface area contributed by atoms with Gasteiger partial charge in [0.15, 0.2) is 5.16 Å². The van der Waals surface area contributed by atoms with Crippen LogP contribution in [0.1, 0.15) is 5.56 Å². The fraction of sp³-hybridized carbons (Fsp3) is 0.0952. The summed E-state index contributed by atoms with van der Waals surface area (Å²) in [6.45, 7) is 0.267. The molecule has 0 aliphatic carbocycles. The summed E-state index contributed by atoms with van der Waals surface area (Å²) in [5, 5.41) is 6.44. The predicted octanol–water partition coefficient (Wildman–Crippen LogP) is 4.55. The second-order valence-electron chi connectivity index (χ2n) is 6.57. The SMILES string of the molecule is Nn1c(SCC(=O)NCc2ccc(Cl)cc2Cl)nc2scc(-c3ccccc3)c2c1=O. The maximum Gasteiger partial charge on any atom is 0.282 e. The molecule has 0 bridgehead atoms. The third kappa shape index (κ3) is 4.72. The number of thiophene rings is 1. The molecule has 4 aromatic rings. The molecule has 10 heteroatoms. The summed E-state index contributed by atoms with van der Waals surface area (Å²) >= 11 is 14.5. The Labute approximate surface area is 196 Å². The standard InChI is InChI=1S/C21H16Cl2N4O2S2/c22-14-7-6-13(16(23)8-14)9-25-17(28)11-31-21-26-19-18(20(29)27(21)24)15(10-30-19)12-4-2-1-3-5-12/h1-8,10H,9,11,24H2,(H,25,28). The van der Waals surface area contributed by atoms with E-state index >= 15 is 0 Å². The first-order chi connectivity index (χ1) is 14.9. The smallest absolute Gasteiger partial charge is 0.282 e. The van der Waals surface area contributed by atoms with Gasteiger partial charge in [-0.15, -0.1) is 11.3 Å². The number of thioether (sulfide) groups is 1. The zero-order chi connectivity index (χ0) is 22.0. The van der Waals surface area contributed by atoms with Crippen LogP contribution in [0.15, 0.2) is 63.9 Å². The minimum absolute atomic E-state index is 0.0529. The maximum absolute atomic E-state index is 12.9. The summed E-state index contributed by atoms with van der Waals surface area (Å²) in [7, 11) is 0. The van der Waals surface area contributed by atoms with E-state index in [1.165, 1.54) is 11.3 Å². The molecule has 0 saturated carbocycles. The molecular weight excluding hydrogens is 475 g/mol. The lowest BCUT2D eigenvalue weighted by Crippen LogP contribution is -2.30. The lowest BCUT2D eigenvalue weighted by atomic mass is 10.1. The van der Waals surface area contributed by atoms with Crippen molar-refractivity contribution in [1.29, 1.82) is 0 Å². The second kappa shape index (κ2) is 9.32. The lowest BCUT2D eigenvalue weighted by Gasteiger charge is -2.09. The molecule has 6 nitrogen and oxygen atoms in total. The van der Waals surface area contributed by atoms with Gasteiger partial charge in [0.2, 0.25) is 5.91 Å². The number of aromatic nitrogens is 2. The van der Waals surface area contributed by atoms with E-state index in [4.69, 9.17) is 29.0 Å². The number of nitrogens with zero attached hydrogens (tertiary/aromatic N) is 2. The number of nitrogens with one attached hydrogen (secondary N) is 1. The highest BCUT2D eigenvalue weighted by Crippen LogP contribution is 2.31. The van der Waals surface area contributed by atoms with Gasteiger partial charge in [-0.1, -0.05) is 71.4 Å². The summed E-state index contributed by atoms with van der Waals surface area (Å²) in [6, 6.07) is 14.7. The van der Waals surface area contributed by atoms with Crippen molar-refractivity contribution in [2.75, 3.05) is 11.6 Å². The van der Waals surface area contributed by atoms with E-state index in [-0.39, 0.29) is 28.9 Å². The number of rotatable bonds is 6. The topological polar surface area (TPSA) is 90.0 Å². The van der Waals surface area contributed by atoms with Crippen molar-refractivity contribution in [3.8, 4) is 11.1 Å². The highest BCUT2D eigenvalue weighted by molar-refractivity contribution is 7.99. The van der Waals surface area contributed by atoms with Crippen LogP contribution in [0.2, 0.25) is 10.0 Å². The minimum Gasteiger partial charge on any atom is -0.351 e. The lowest BCUT2D eigenvalue weighted by molar-refractivity contribution is -0.118. The van der Waals surface area contributed by atoms with Crippen molar-refractivity contribution in [3.05, 3.63) is 79.9 Å². The summed E-state index contributed by atoms with van der Waals surface area (Å²) in [5.41, 5.74) is 2.13. The van der Waals surface area contributed by atoms with Gasteiger partial charge in [0.25, 0.3) is 5.56 Å². The third-order valence-electron chi connectivity index (χ3n) is 4.52. The van der Waals surface area contributed by atoms with Gasteiger partial charge in [-0.05, 0) is 23.3 Å². The quantitative estimate of drug-likeness (QED) is 0.235. The number of amides is 1. The van der Waals surface area contributed by atoms with Crippen LogP contribution in [0.4, 0.5) is 0 Å². The molecule has 158 valence electrons. The van der Waals surface area contributed by atoms with Gasteiger partial charge in [0.05, 0.1) is 11.1 Å². The Hall–Kier alpha value is -2.52. The Kier molecular flexibility index (Phi) is 6.52. The first-order valence-electron chi connectivity index (χ1n) is 9.12. The second-order valence-corrected chi connectivity index (χ2v) is 9.21. The number of hydrogen-bond acceptors (Lipinski definition) is 6. The molecule has 2 heterocycles. The Balaban J connectivity index is 1.48. The molecule has 31 heavy (non-hydrogen) atoms. The van der Waals surface area contributed by atoms with Gasteiger partial charge in [0, 0.05) is 27.5 Å². The summed E-state index contributed by atoms with van der Waals surface area (Å²) < 4.78 is 0.996. The van der Waals surface area contributed by atoms with Crippen LogP contribution < -0.4 is 16.7 Å². The van der Waals surface area contributed by atoms with Crippen molar-refractivity contribution >= 4 is 62.4 Å². The first kappa shape index (κ1) is 21.7. The van der Waals surface area contributed by atoms with Gasteiger partial charge < -0.3 is 11.2 Å². The molecule has 4 rings (SSSR count). The molecule has 0 atom stereocenters. The molecule has 3 N–H and O–H groups in total. The molecule has 0 spiro atoms. The molecule has 2 aromatic carbocycles. The van der Waals surface area contributed by atoms with E-state index in [1.54, 1.807) is 18.2 Å². The van der Waals surface area contributed by atoms with Gasteiger partial charge in [0.1, 0.15) is 4.83 Å². The van der Waals surface area contributed by atoms with E-state index in [1.807, 2.05) is 35.7 Å². The number of nitrogens with two attached hydrogens (primary N) is 1. The highest BCUT2D eigenvalue weighted by atomic mass is 35.5. The number of carbonyl (C=O) groups is 1. The molecular formula is C21H16Cl2N4O2S2. The molecule has 0 aliphatic heterocycles. The Morgan fingerprint density at radius 2 is 1.97 bits per heavy atom. The monoisotopic (exact) mass is 490 g/mol. The summed E-state index contributed by atoms with van der Waals surface area (Å²) in [5.74, 6) is 5.82. The molecule has 0 saturated heterocycles. The minimum atomic E-state index is -0.346. The predicted molar refractivity (Wildman–Crippen MR) is 128 cm³/mol. The molecule has 0 radical (unpaired) electrons. The van der Waals surface area contributed by atoms with Gasteiger partial charge in [-0.25, -0.2) is 9.66 Å². The van der Waals surface area contributed by atoms with Gasteiger partial charge in [-0.3, -0.25) is 9.59 Å². The average molecular weight is 491 g/mol. The van der Waals surface area contributed by atoms with E-state index in [9.17, 15) is 9.59 Å². The third-order valence-corrected chi connectivity index (χ3v) is 6.93. The van der Waals surface area contributed by atoms with E-state index in [0.29, 0.717) is 20.3 Å². The first-order valence-corrected chi connectivity index (χ1v) is 11.7. The average Bonchev–Trinajstić information content (AvgIpc) is 3.19. The van der Waals surface area contributed by atoms with Crippen LogP contribution in [0.5, 0.6) is 0 Å². The van der Waals surface area contributed by atoms with Crippen molar-refractivity contribution < 1.29 is 4.79 Å². The van der Waals surface area contributed by atoms with Crippen LogP contribution in [0, 0.1) is 0 Å². The van der Waals surface area contributed by atoms with Crippen molar-refractivity contribution in [1.82, 2.24) is 15.0 Å². The van der Waals surface area contributed by atoms with Crippen LogP contribution in [-0.2, 0) is 11.3 Å². The Bertz CT molecular complexity index is 1320. The maximum atomic E-state index is 12.9. The number of carbonyl (C=O) groups excluding carboxylic acids is 1. The van der Waals surface area contributed by atoms with Crippen molar-refractivity contribution in [2.24, 2.45) is 0 Å². The van der Waals surface area contributed by atoms with Gasteiger partial charge in [-0.2, -0.15) is 0 Å². The fourth-order valence-electron chi connectivity index (χ4n) is 2.96. The number of halogens is 2. The molecule has 0 unspecified atom stereocenters. The molecule has 2 aromatic heterocycles. The molecule has 0 aliphatic rings. The number of fused-ring (bicyclic) bond motifs is 1. The zero-order valence-corrected chi connectivity index (χ0v) is 19.1. The molecule has 1 amide bonds. The number of nitrogen functional groups attached to an aromatic ring is 1.